The van der Waals surface area contributed by atoms with Crippen molar-refractivity contribution in [2.75, 3.05) is 30.1 Å². The first kappa shape index (κ1) is 15.9. The predicted molar refractivity (Wildman–Crippen MR) is 66.1 cm³/mol. The lowest BCUT2D eigenvalue weighted by atomic mass is 10.2. The molecule has 0 bridgehead atoms. The van der Waals surface area contributed by atoms with Crippen LogP contribution in [0.2, 0.25) is 0 Å². The van der Waals surface area contributed by atoms with E-state index >= 15 is 0 Å². The zero-order valence-electron chi connectivity index (χ0n) is 10.3. The van der Waals surface area contributed by atoms with E-state index in [0.717, 1.165) is 11.2 Å². The van der Waals surface area contributed by atoms with Crippen molar-refractivity contribution in [1.82, 2.24) is 4.90 Å². The van der Waals surface area contributed by atoms with Crippen LogP contribution in [0, 0.1) is 0 Å². The highest BCUT2D eigenvalue weighted by Gasteiger charge is 2.36. The number of sulfone groups is 2. The van der Waals surface area contributed by atoms with Gasteiger partial charge in [-0.3, -0.25) is 9.59 Å². The SMILES string of the molecule is CS(=O)(=O)CC(=O)N1CCS(=O)(=O)CC1CC(=O)O. The normalized spacial score (nSPS) is 23.0. The Bertz CT molecular complexity index is 578. The van der Waals surface area contributed by atoms with Crippen LogP contribution in [-0.4, -0.2) is 74.8 Å². The highest BCUT2D eigenvalue weighted by Crippen LogP contribution is 2.15. The third kappa shape index (κ3) is 5.15. The maximum absolute atomic E-state index is 11.8. The third-order valence-electron chi connectivity index (χ3n) is 2.65. The van der Waals surface area contributed by atoms with Crippen molar-refractivity contribution in [3.63, 3.8) is 0 Å². The van der Waals surface area contributed by atoms with E-state index in [9.17, 15) is 26.4 Å². The van der Waals surface area contributed by atoms with Crippen LogP contribution in [-0.2, 0) is 29.3 Å². The molecule has 0 spiro atoms. The van der Waals surface area contributed by atoms with Crippen LogP contribution < -0.4 is 0 Å². The molecule has 1 saturated heterocycles. The van der Waals surface area contributed by atoms with Crippen LogP contribution in [0.4, 0.5) is 0 Å². The van der Waals surface area contributed by atoms with Crippen molar-refractivity contribution in [1.29, 1.82) is 0 Å². The van der Waals surface area contributed by atoms with Gasteiger partial charge in [0, 0.05) is 12.8 Å². The number of hydrogen-bond donors (Lipinski definition) is 1. The minimum Gasteiger partial charge on any atom is -0.481 e. The molecule has 0 saturated carbocycles. The summed E-state index contributed by atoms with van der Waals surface area (Å²) in [6.07, 6.45) is 0.368. The van der Waals surface area contributed by atoms with Crippen molar-refractivity contribution >= 4 is 31.6 Å². The smallest absolute Gasteiger partial charge is 0.305 e. The Morgan fingerprint density at radius 3 is 2.42 bits per heavy atom. The topological polar surface area (TPSA) is 126 Å². The fraction of sp³-hybridized carbons (Fsp3) is 0.778. The molecule has 8 nitrogen and oxygen atoms in total. The maximum Gasteiger partial charge on any atom is 0.305 e. The summed E-state index contributed by atoms with van der Waals surface area (Å²) in [5.74, 6) is -3.47. The molecule has 1 fully saturated rings. The Kier molecular flexibility index (Phi) is 4.56. The lowest BCUT2D eigenvalue weighted by molar-refractivity contribution is -0.139. The van der Waals surface area contributed by atoms with Gasteiger partial charge < -0.3 is 10.0 Å². The van der Waals surface area contributed by atoms with Gasteiger partial charge in [0.1, 0.15) is 5.75 Å². The minimum absolute atomic E-state index is 0.172. The molecule has 1 unspecified atom stereocenters. The van der Waals surface area contributed by atoms with Gasteiger partial charge in [0.05, 0.1) is 24.0 Å². The molecule has 10 heteroatoms. The molecule has 1 N–H and O–H groups in total. The number of nitrogens with zero attached hydrogens (tertiary/aromatic N) is 1. The molecular formula is C9H15NO7S2. The highest BCUT2D eigenvalue weighted by atomic mass is 32.2. The Labute approximate surface area is 111 Å². The fourth-order valence-electron chi connectivity index (χ4n) is 1.89. The van der Waals surface area contributed by atoms with Crippen LogP contribution in [0.1, 0.15) is 6.42 Å². The zero-order valence-corrected chi connectivity index (χ0v) is 11.9. The second-order valence-corrected chi connectivity index (χ2v) is 8.89. The van der Waals surface area contributed by atoms with Gasteiger partial charge in [-0.1, -0.05) is 0 Å². The molecule has 110 valence electrons. The first-order valence-electron chi connectivity index (χ1n) is 5.39. The Balaban J connectivity index is 2.90. The van der Waals surface area contributed by atoms with E-state index in [1.165, 1.54) is 0 Å². The molecule has 1 heterocycles. The van der Waals surface area contributed by atoms with Crippen molar-refractivity contribution in [2.45, 2.75) is 12.5 Å². The summed E-state index contributed by atoms with van der Waals surface area (Å²) < 4.78 is 45.0. The summed E-state index contributed by atoms with van der Waals surface area (Å²) in [5, 5.41) is 8.72. The molecule has 0 radical (unpaired) electrons. The van der Waals surface area contributed by atoms with Gasteiger partial charge in [0.2, 0.25) is 5.91 Å². The zero-order chi connectivity index (χ0) is 14.8. The summed E-state index contributed by atoms with van der Waals surface area (Å²) in [7, 11) is -6.94. The molecule has 1 amide bonds. The molecule has 0 aromatic carbocycles. The van der Waals surface area contributed by atoms with Crippen molar-refractivity contribution in [3.8, 4) is 0 Å². The van der Waals surface area contributed by atoms with E-state index in [2.05, 4.69) is 0 Å². The highest BCUT2D eigenvalue weighted by molar-refractivity contribution is 7.91. The maximum atomic E-state index is 11.8. The Morgan fingerprint density at radius 2 is 1.95 bits per heavy atom. The number of hydrogen-bond acceptors (Lipinski definition) is 6. The lowest BCUT2D eigenvalue weighted by Crippen LogP contribution is -2.53. The molecule has 1 atom stereocenters. The van der Waals surface area contributed by atoms with Gasteiger partial charge in [0.15, 0.2) is 19.7 Å². The van der Waals surface area contributed by atoms with Crippen LogP contribution in [0.25, 0.3) is 0 Å². The number of aliphatic carboxylic acids is 1. The first-order chi connectivity index (χ1) is 8.50. The Hall–Kier alpha value is -1.16. The molecule has 0 aromatic heterocycles. The van der Waals surface area contributed by atoms with Crippen LogP contribution in [0.3, 0.4) is 0 Å². The van der Waals surface area contributed by atoms with E-state index in [1.807, 2.05) is 0 Å². The Morgan fingerprint density at radius 1 is 1.37 bits per heavy atom. The third-order valence-corrected chi connectivity index (χ3v) is 5.12. The van der Waals surface area contributed by atoms with Gasteiger partial charge in [-0.25, -0.2) is 16.8 Å². The van der Waals surface area contributed by atoms with E-state index < -0.39 is 55.5 Å². The van der Waals surface area contributed by atoms with Crippen LogP contribution in [0.15, 0.2) is 0 Å². The largest absolute Gasteiger partial charge is 0.481 e. The minimum atomic E-state index is -3.54. The van der Waals surface area contributed by atoms with E-state index in [1.54, 1.807) is 0 Å². The summed E-state index contributed by atoms with van der Waals surface area (Å²) >= 11 is 0. The van der Waals surface area contributed by atoms with Gasteiger partial charge in [0.25, 0.3) is 0 Å². The van der Waals surface area contributed by atoms with E-state index in [-0.39, 0.29) is 12.3 Å². The number of carboxylic acid groups (broad SMARTS) is 1. The standard InChI is InChI=1S/C9H15NO7S2/c1-18(14,15)6-8(11)10-2-3-19(16,17)5-7(10)4-9(12)13/h7H,2-6H2,1H3,(H,12,13). The number of carbonyl (C=O) groups excluding carboxylic acids is 1. The molecular weight excluding hydrogens is 298 g/mol. The lowest BCUT2D eigenvalue weighted by Gasteiger charge is -2.34. The first-order valence-corrected chi connectivity index (χ1v) is 9.28. The average Bonchev–Trinajstić information content (AvgIpc) is 2.11. The summed E-state index contributed by atoms with van der Waals surface area (Å²) in [5.41, 5.74) is 0. The molecule has 1 rings (SSSR count). The quantitative estimate of drug-likeness (QED) is 0.644. The number of carboxylic acids is 1. The van der Waals surface area contributed by atoms with Crippen molar-refractivity contribution < 1.29 is 31.5 Å². The average molecular weight is 313 g/mol. The van der Waals surface area contributed by atoms with Crippen LogP contribution in [0.5, 0.6) is 0 Å². The fourth-order valence-corrected chi connectivity index (χ4v) is 4.03. The van der Waals surface area contributed by atoms with E-state index in [4.69, 9.17) is 5.11 Å². The van der Waals surface area contributed by atoms with E-state index in [0.29, 0.717) is 0 Å². The summed E-state index contributed by atoms with van der Waals surface area (Å²) in [6.45, 7) is -0.172. The summed E-state index contributed by atoms with van der Waals surface area (Å²) in [6, 6.07) is -1.01. The van der Waals surface area contributed by atoms with Gasteiger partial charge >= 0.3 is 5.97 Å². The van der Waals surface area contributed by atoms with Gasteiger partial charge in [-0.2, -0.15) is 0 Å². The van der Waals surface area contributed by atoms with Gasteiger partial charge in [-0.15, -0.1) is 0 Å². The molecule has 19 heavy (non-hydrogen) atoms. The summed E-state index contributed by atoms with van der Waals surface area (Å²) in [4.78, 5) is 23.5. The number of rotatable bonds is 4. The molecule has 1 aliphatic heterocycles. The van der Waals surface area contributed by atoms with Gasteiger partial charge in [-0.05, 0) is 0 Å². The van der Waals surface area contributed by atoms with Crippen LogP contribution >= 0.6 is 0 Å². The molecule has 1 aliphatic rings. The predicted octanol–water partition coefficient (Wildman–Crippen LogP) is -1.87. The number of carbonyl (C=O) groups is 2. The number of amides is 1. The second-order valence-electron chi connectivity index (χ2n) is 4.52. The van der Waals surface area contributed by atoms with Crippen molar-refractivity contribution in [2.24, 2.45) is 0 Å². The molecule has 0 aliphatic carbocycles. The second kappa shape index (κ2) is 5.45. The molecule has 0 aromatic rings. The van der Waals surface area contributed by atoms with Crippen molar-refractivity contribution in [3.05, 3.63) is 0 Å². The monoisotopic (exact) mass is 313 g/mol.